The molecule has 1 aliphatic rings. The number of likely N-dealkylation sites (N-methyl/N-ethyl adjacent to an activating group) is 1. The third-order valence-corrected chi connectivity index (χ3v) is 4.78. The first kappa shape index (κ1) is 16.4. The fourth-order valence-electron chi connectivity index (χ4n) is 2.15. The number of aromatic nitrogens is 1. The Morgan fingerprint density at radius 3 is 2.81 bits per heavy atom. The predicted molar refractivity (Wildman–Crippen MR) is 91.5 cm³/mol. The number of nitrogens with one attached hydrogen (secondary N) is 1. The molecule has 1 aromatic heterocycles. The maximum atomic E-state index is 12.1. The number of rotatable bonds is 2. The van der Waals surface area contributed by atoms with E-state index < -0.39 is 0 Å². The summed E-state index contributed by atoms with van der Waals surface area (Å²) in [6.07, 6.45) is 0.955. The van der Waals surface area contributed by atoms with Crippen LogP contribution < -0.4 is 5.32 Å². The summed E-state index contributed by atoms with van der Waals surface area (Å²) in [5.41, 5.74) is 1.76. The first-order chi connectivity index (χ1) is 9.61. The molecule has 0 fully saturated rings. The Kier molecular flexibility index (Phi) is 5.37. The first-order valence-corrected chi connectivity index (χ1v) is 7.97. The number of halogens is 2. The van der Waals surface area contributed by atoms with Crippen LogP contribution in [-0.4, -0.2) is 29.4 Å². The van der Waals surface area contributed by atoms with Crippen LogP contribution in [0.4, 0.5) is 5.13 Å². The molecule has 21 heavy (non-hydrogen) atoms. The second kappa shape index (κ2) is 6.87. The fourth-order valence-corrected chi connectivity index (χ4v) is 3.49. The Hall–Kier alpha value is -0.950. The summed E-state index contributed by atoms with van der Waals surface area (Å²) >= 11 is 4.93. The molecule has 2 heterocycles. The molecule has 112 valence electrons. The van der Waals surface area contributed by atoms with E-state index in [9.17, 15) is 4.79 Å². The number of nitrogens with zero attached hydrogens (tertiary/aromatic N) is 2. The number of amides is 1. The van der Waals surface area contributed by atoms with Gasteiger partial charge in [-0.1, -0.05) is 15.9 Å². The zero-order valence-corrected chi connectivity index (χ0v) is 14.6. The highest BCUT2D eigenvalue weighted by Gasteiger charge is 2.19. The van der Waals surface area contributed by atoms with Crippen LogP contribution in [0.25, 0.3) is 0 Å². The van der Waals surface area contributed by atoms with Crippen molar-refractivity contribution in [2.45, 2.75) is 13.0 Å². The van der Waals surface area contributed by atoms with Gasteiger partial charge in [-0.2, -0.15) is 0 Å². The minimum Gasteiger partial charge on any atom is -0.301 e. The predicted octanol–water partition coefficient (Wildman–Crippen LogP) is 3.57. The minimum absolute atomic E-state index is 0. The molecule has 0 unspecified atom stereocenters. The van der Waals surface area contributed by atoms with Crippen LogP contribution >= 0.6 is 39.7 Å². The summed E-state index contributed by atoms with van der Waals surface area (Å²) in [7, 11) is 2.10. The average molecular weight is 389 g/mol. The fraction of sp³-hybridized carbons (Fsp3) is 0.286. The van der Waals surface area contributed by atoms with Crippen molar-refractivity contribution in [3.8, 4) is 0 Å². The first-order valence-electron chi connectivity index (χ1n) is 6.36. The van der Waals surface area contributed by atoms with E-state index >= 15 is 0 Å². The Morgan fingerprint density at radius 1 is 1.38 bits per heavy atom. The Balaban J connectivity index is 0.00000161. The van der Waals surface area contributed by atoms with Crippen LogP contribution in [0.5, 0.6) is 0 Å². The van der Waals surface area contributed by atoms with Gasteiger partial charge in [0.15, 0.2) is 5.13 Å². The lowest BCUT2D eigenvalue weighted by molar-refractivity contribution is 0.102. The molecule has 1 amide bonds. The van der Waals surface area contributed by atoms with E-state index in [0.29, 0.717) is 10.7 Å². The summed E-state index contributed by atoms with van der Waals surface area (Å²) in [5.74, 6) is -0.114. The summed E-state index contributed by atoms with van der Waals surface area (Å²) < 4.78 is 0.960. The molecule has 2 aromatic rings. The van der Waals surface area contributed by atoms with E-state index in [1.54, 1.807) is 23.5 Å². The highest BCUT2D eigenvalue weighted by Crippen LogP contribution is 2.28. The second-order valence-electron chi connectivity index (χ2n) is 4.84. The van der Waals surface area contributed by atoms with Crippen molar-refractivity contribution in [1.29, 1.82) is 0 Å². The van der Waals surface area contributed by atoms with Gasteiger partial charge in [0.25, 0.3) is 5.91 Å². The van der Waals surface area contributed by atoms with E-state index in [1.165, 1.54) is 4.88 Å². The van der Waals surface area contributed by atoms with Gasteiger partial charge in [0, 0.05) is 34.4 Å². The second-order valence-corrected chi connectivity index (χ2v) is 6.84. The smallest absolute Gasteiger partial charge is 0.257 e. The van der Waals surface area contributed by atoms with E-state index in [4.69, 9.17) is 0 Å². The molecule has 0 bridgehead atoms. The van der Waals surface area contributed by atoms with Gasteiger partial charge in [0.05, 0.1) is 5.69 Å². The molecule has 4 nitrogen and oxygen atoms in total. The van der Waals surface area contributed by atoms with Crippen LogP contribution in [0.15, 0.2) is 28.7 Å². The number of carbonyl (C=O) groups excluding carboxylic acids is 1. The molecule has 7 heteroatoms. The van der Waals surface area contributed by atoms with E-state index in [2.05, 4.69) is 38.2 Å². The van der Waals surface area contributed by atoms with Gasteiger partial charge in [0.1, 0.15) is 0 Å². The third kappa shape index (κ3) is 3.83. The van der Waals surface area contributed by atoms with Gasteiger partial charge in [-0.15, -0.1) is 23.7 Å². The molecular weight excluding hydrogens is 374 g/mol. The standard InChI is InChI=1S/C14H14BrN3OS.ClH/c1-18-7-6-11-12(8-18)20-14(16-11)17-13(19)9-2-4-10(15)5-3-9;/h2-5H,6-8H2,1H3,(H,16,17,19);1H. The molecule has 1 N–H and O–H groups in total. The molecule has 0 atom stereocenters. The molecule has 0 spiro atoms. The van der Waals surface area contributed by atoms with Gasteiger partial charge >= 0.3 is 0 Å². The van der Waals surface area contributed by atoms with E-state index in [0.717, 1.165) is 29.7 Å². The Bertz CT molecular complexity index is 644. The van der Waals surface area contributed by atoms with Crippen LogP contribution in [0.2, 0.25) is 0 Å². The lowest BCUT2D eigenvalue weighted by Crippen LogP contribution is -2.25. The zero-order chi connectivity index (χ0) is 14.1. The molecule has 0 radical (unpaired) electrons. The van der Waals surface area contributed by atoms with E-state index in [1.807, 2.05) is 12.1 Å². The third-order valence-electron chi connectivity index (χ3n) is 3.25. The number of anilines is 1. The van der Waals surface area contributed by atoms with Gasteiger partial charge < -0.3 is 4.90 Å². The SMILES string of the molecule is CN1CCc2nc(NC(=O)c3ccc(Br)cc3)sc2C1.Cl. The maximum Gasteiger partial charge on any atom is 0.257 e. The monoisotopic (exact) mass is 387 g/mol. The normalized spacial score (nSPS) is 14.2. The van der Waals surface area contributed by atoms with Gasteiger partial charge in [-0.3, -0.25) is 10.1 Å². The highest BCUT2D eigenvalue weighted by atomic mass is 79.9. The minimum atomic E-state index is -0.114. The molecule has 0 saturated heterocycles. The molecule has 1 aromatic carbocycles. The highest BCUT2D eigenvalue weighted by molar-refractivity contribution is 9.10. The van der Waals surface area contributed by atoms with Crippen molar-refractivity contribution in [1.82, 2.24) is 9.88 Å². The number of hydrogen-bond donors (Lipinski definition) is 1. The van der Waals surface area contributed by atoms with Crippen molar-refractivity contribution in [3.05, 3.63) is 44.9 Å². The number of benzene rings is 1. The molecule has 0 aliphatic carbocycles. The number of thiazole rings is 1. The zero-order valence-electron chi connectivity index (χ0n) is 11.4. The average Bonchev–Trinajstić information content (AvgIpc) is 2.80. The van der Waals surface area contributed by atoms with Crippen molar-refractivity contribution < 1.29 is 4.79 Å². The van der Waals surface area contributed by atoms with Crippen LogP contribution in [0.1, 0.15) is 20.9 Å². The van der Waals surface area contributed by atoms with Crippen molar-refractivity contribution in [2.24, 2.45) is 0 Å². The van der Waals surface area contributed by atoms with Crippen molar-refractivity contribution >= 4 is 50.7 Å². The van der Waals surface area contributed by atoms with Gasteiger partial charge in [-0.05, 0) is 31.3 Å². The number of carbonyl (C=O) groups is 1. The van der Waals surface area contributed by atoms with Gasteiger partial charge in [-0.25, -0.2) is 4.98 Å². The lowest BCUT2D eigenvalue weighted by Gasteiger charge is -2.20. The van der Waals surface area contributed by atoms with Crippen LogP contribution in [0, 0.1) is 0 Å². The summed E-state index contributed by atoms with van der Waals surface area (Å²) in [5, 5.41) is 3.58. The van der Waals surface area contributed by atoms with Crippen LogP contribution in [-0.2, 0) is 13.0 Å². The Labute approximate surface area is 142 Å². The summed E-state index contributed by atoms with van der Waals surface area (Å²) in [4.78, 5) is 20.2. The summed E-state index contributed by atoms with van der Waals surface area (Å²) in [6.45, 7) is 1.94. The Morgan fingerprint density at radius 2 is 2.10 bits per heavy atom. The van der Waals surface area contributed by atoms with E-state index in [-0.39, 0.29) is 18.3 Å². The molecular formula is C14H15BrClN3OS. The van der Waals surface area contributed by atoms with Crippen LogP contribution in [0.3, 0.4) is 0 Å². The molecule has 0 saturated carbocycles. The molecule has 1 aliphatic heterocycles. The number of fused-ring (bicyclic) bond motifs is 1. The maximum absolute atomic E-state index is 12.1. The van der Waals surface area contributed by atoms with Crippen molar-refractivity contribution in [2.75, 3.05) is 18.9 Å². The molecule has 3 rings (SSSR count). The topological polar surface area (TPSA) is 45.2 Å². The summed E-state index contributed by atoms with van der Waals surface area (Å²) in [6, 6.07) is 7.30. The quantitative estimate of drug-likeness (QED) is 0.855. The number of hydrogen-bond acceptors (Lipinski definition) is 4. The lowest BCUT2D eigenvalue weighted by atomic mass is 10.2. The van der Waals surface area contributed by atoms with Crippen molar-refractivity contribution in [3.63, 3.8) is 0 Å². The largest absolute Gasteiger partial charge is 0.301 e. The van der Waals surface area contributed by atoms with Gasteiger partial charge in [0.2, 0.25) is 0 Å².